The number of phenolic OH excluding ortho intramolecular Hbond substituents is 1. The molecule has 0 aliphatic rings. The average Bonchev–Trinajstić information content (AvgIpc) is 2.72. The molecule has 4 aromatic rings. The molecule has 0 radical (unpaired) electrons. The summed E-state index contributed by atoms with van der Waals surface area (Å²) < 4.78 is 0.704. The monoisotopic (exact) mass is 432 g/mol. The summed E-state index contributed by atoms with van der Waals surface area (Å²) in [5.74, 6) is -0.571. The van der Waals surface area contributed by atoms with Gasteiger partial charge in [0.2, 0.25) is 0 Å². The number of hydrazone groups is 1. The Balaban J connectivity index is 1.76. The number of nitrogens with zero attached hydrogens (tertiary/aromatic N) is 1. The number of phenols is 1. The lowest BCUT2D eigenvalue weighted by molar-refractivity contribution is 0.0952. The quantitative estimate of drug-likeness (QED) is 0.253. The van der Waals surface area contributed by atoms with E-state index >= 15 is 0 Å². The van der Waals surface area contributed by atoms with Gasteiger partial charge in [-0.1, -0.05) is 64.5 Å². The molecule has 0 saturated carbocycles. The summed E-state index contributed by atoms with van der Waals surface area (Å²) >= 11 is 3.30. The smallest absolute Gasteiger partial charge is 0.275 e. The summed E-state index contributed by atoms with van der Waals surface area (Å²) in [6.45, 7) is 2.11. The number of halogens is 1. The van der Waals surface area contributed by atoms with Crippen molar-refractivity contribution < 1.29 is 9.90 Å². The van der Waals surface area contributed by atoms with Gasteiger partial charge >= 0.3 is 0 Å². The number of aryl methyl sites for hydroxylation is 1. The Hall–Kier alpha value is -3.18. The van der Waals surface area contributed by atoms with E-state index in [4.69, 9.17) is 0 Å². The predicted octanol–water partition coefficient (Wildman–Crippen LogP) is 5.53. The van der Waals surface area contributed by atoms with Gasteiger partial charge in [0.1, 0.15) is 5.75 Å². The van der Waals surface area contributed by atoms with Gasteiger partial charge in [0.15, 0.2) is 0 Å². The Morgan fingerprint density at radius 2 is 1.54 bits per heavy atom. The van der Waals surface area contributed by atoms with Crippen LogP contribution in [0, 0.1) is 6.92 Å². The Bertz CT molecular complexity index is 1190. The summed E-state index contributed by atoms with van der Waals surface area (Å²) in [6.07, 6.45) is 1.66. The molecule has 0 saturated heterocycles. The van der Waals surface area contributed by atoms with E-state index in [2.05, 4.69) is 57.6 Å². The number of nitrogens with one attached hydrogen (secondary N) is 1. The van der Waals surface area contributed by atoms with Gasteiger partial charge in [0.05, 0.1) is 11.8 Å². The molecule has 4 nitrogen and oxygen atoms in total. The first-order valence-electron chi connectivity index (χ1n) is 8.78. The SMILES string of the molecule is Cc1c2ccccc2c(/C=N/NC(=O)c2cc(Br)ccc2O)c2ccccc12. The largest absolute Gasteiger partial charge is 0.507 e. The molecule has 2 N–H and O–H groups in total. The number of carbonyl (C=O) groups is 1. The maximum absolute atomic E-state index is 12.4. The summed E-state index contributed by atoms with van der Waals surface area (Å²) in [5, 5.41) is 18.5. The second-order valence-corrected chi connectivity index (χ2v) is 7.41. The van der Waals surface area contributed by atoms with Crippen LogP contribution in [0.15, 0.2) is 76.3 Å². The van der Waals surface area contributed by atoms with E-state index in [9.17, 15) is 9.90 Å². The summed E-state index contributed by atoms with van der Waals surface area (Å²) in [6, 6.07) is 21.0. The van der Waals surface area contributed by atoms with Crippen molar-refractivity contribution in [2.24, 2.45) is 5.10 Å². The Kier molecular flexibility index (Phi) is 4.84. The normalized spacial score (nSPS) is 11.4. The number of benzene rings is 4. The number of hydrogen-bond donors (Lipinski definition) is 2. The lowest BCUT2D eigenvalue weighted by atomic mass is 9.93. The maximum atomic E-state index is 12.4. The van der Waals surface area contributed by atoms with Crippen LogP contribution in [0.1, 0.15) is 21.5 Å². The third-order valence-corrected chi connectivity index (χ3v) is 5.30. The first kappa shape index (κ1) is 18.2. The van der Waals surface area contributed by atoms with E-state index in [-0.39, 0.29) is 11.3 Å². The molecule has 0 heterocycles. The third kappa shape index (κ3) is 3.25. The summed E-state index contributed by atoms with van der Waals surface area (Å²) in [5.41, 5.74) is 4.82. The van der Waals surface area contributed by atoms with Crippen LogP contribution >= 0.6 is 15.9 Å². The number of amides is 1. The number of fused-ring (bicyclic) bond motifs is 2. The molecule has 0 aromatic heterocycles. The van der Waals surface area contributed by atoms with Crippen LogP contribution in [0.5, 0.6) is 5.75 Å². The van der Waals surface area contributed by atoms with E-state index in [0.717, 1.165) is 27.1 Å². The second kappa shape index (κ2) is 7.44. The molecular weight excluding hydrogens is 416 g/mol. The first-order chi connectivity index (χ1) is 13.6. The molecule has 0 atom stereocenters. The van der Waals surface area contributed by atoms with E-state index in [1.807, 2.05) is 24.3 Å². The zero-order valence-electron chi connectivity index (χ0n) is 15.1. The van der Waals surface area contributed by atoms with Crippen molar-refractivity contribution >= 4 is 49.6 Å². The van der Waals surface area contributed by atoms with Gasteiger partial charge in [-0.2, -0.15) is 5.10 Å². The van der Waals surface area contributed by atoms with Crippen LogP contribution in [-0.2, 0) is 0 Å². The maximum Gasteiger partial charge on any atom is 0.275 e. The fourth-order valence-corrected chi connectivity index (χ4v) is 3.79. The zero-order chi connectivity index (χ0) is 19.7. The van der Waals surface area contributed by atoms with E-state index in [1.54, 1.807) is 18.3 Å². The molecule has 1 amide bonds. The van der Waals surface area contributed by atoms with Crippen molar-refractivity contribution in [2.45, 2.75) is 6.92 Å². The molecule has 138 valence electrons. The summed E-state index contributed by atoms with van der Waals surface area (Å²) in [7, 11) is 0. The van der Waals surface area contributed by atoms with Crippen LogP contribution in [0.4, 0.5) is 0 Å². The molecular formula is C23H17BrN2O2. The zero-order valence-corrected chi connectivity index (χ0v) is 16.7. The number of carbonyl (C=O) groups excluding carboxylic acids is 1. The van der Waals surface area contributed by atoms with Crippen LogP contribution in [0.25, 0.3) is 21.5 Å². The fourth-order valence-electron chi connectivity index (χ4n) is 3.43. The number of rotatable bonds is 3. The van der Waals surface area contributed by atoms with E-state index in [1.165, 1.54) is 11.6 Å². The second-order valence-electron chi connectivity index (χ2n) is 6.49. The highest BCUT2D eigenvalue weighted by molar-refractivity contribution is 9.10. The number of aromatic hydroxyl groups is 1. The predicted molar refractivity (Wildman–Crippen MR) is 117 cm³/mol. The molecule has 0 spiro atoms. The minimum atomic E-state index is -0.476. The molecule has 0 aliphatic heterocycles. The highest BCUT2D eigenvalue weighted by Crippen LogP contribution is 2.31. The highest BCUT2D eigenvalue weighted by Gasteiger charge is 2.12. The van der Waals surface area contributed by atoms with Crippen molar-refractivity contribution in [1.29, 1.82) is 0 Å². The van der Waals surface area contributed by atoms with Crippen molar-refractivity contribution in [3.8, 4) is 5.75 Å². The van der Waals surface area contributed by atoms with Gasteiger partial charge in [-0.15, -0.1) is 0 Å². The third-order valence-electron chi connectivity index (χ3n) is 4.81. The molecule has 0 bridgehead atoms. The lowest BCUT2D eigenvalue weighted by Gasteiger charge is -2.12. The molecule has 0 aliphatic carbocycles. The van der Waals surface area contributed by atoms with Crippen LogP contribution in [0.2, 0.25) is 0 Å². The van der Waals surface area contributed by atoms with E-state index in [0.29, 0.717) is 4.47 Å². The molecule has 4 rings (SSSR count). The minimum Gasteiger partial charge on any atom is -0.507 e. The van der Waals surface area contributed by atoms with Gasteiger partial charge < -0.3 is 5.11 Å². The Morgan fingerprint density at radius 1 is 0.964 bits per heavy atom. The van der Waals surface area contributed by atoms with Crippen LogP contribution < -0.4 is 5.43 Å². The fraction of sp³-hybridized carbons (Fsp3) is 0.0435. The Labute approximate surface area is 170 Å². The van der Waals surface area contributed by atoms with Crippen molar-refractivity contribution in [2.75, 3.05) is 0 Å². The van der Waals surface area contributed by atoms with Crippen LogP contribution in [0.3, 0.4) is 0 Å². The standard InChI is InChI=1S/C23H17BrN2O2/c1-14-16-6-2-4-8-18(16)21(19-9-5-3-7-17(14)19)13-25-26-23(28)20-12-15(24)10-11-22(20)27/h2-13,27H,1H3,(H,26,28)/b25-13+. The molecule has 5 heteroatoms. The van der Waals surface area contributed by atoms with Gasteiger partial charge in [-0.05, 0) is 52.2 Å². The van der Waals surface area contributed by atoms with Gasteiger partial charge in [-0.25, -0.2) is 5.43 Å². The summed E-state index contributed by atoms with van der Waals surface area (Å²) in [4.78, 5) is 12.4. The minimum absolute atomic E-state index is 0.0952. The van der Waals surface area contributed by atoms with Crippen molar-refractivity contribution in [3.63, 3.8) is 0 Å². The van der Waals surface area contributed by atoms with Gasteiger partial charge in [-0.3, -0.25) is 4.79 Å². The van der Waals surface area contributed by atoms with Crippen LogP contribution in [-0.4, -0.2) is 17.2 Å². The molecule has 4 aromatic carbocycles. The molecule has 0 fully saturated rings. The number of hydrogen-bond acceptors (Lipinski definition) is 3. The average molecular weight is 433 g/mol. The van der Waals surface area contributed by atoms with Gasteiger partial charge in [0.25, 0.3) is 5.91 Å². The molecule has 28 heavy (non-hydrogen) atoms. The van der Waals surface area contributed by atoms with E-state index < -0.39 is 5.91 Å². The highest BCUT2D eigenvalue weighted by atomic mass is 79.9. The van der Waals surface area contributed by atoms with Crippen molar-refractivity contribution in [1.82, 2.24) is 5.43 Å². The topological polar surface area (TPSA) is 61.7 Å². The first-order valence-corrected chi connectivity index (χ1v) is 9.57. The lowest BCUT2D eigenvalue weighted by Crippen LogP contribution is -2.17. The molecule has 0 unspecified atom stereocenters. The van der Waals surface area contributed by atoms with Gasteiger partial charge in [0, 0.05) is 10.0 Å². The van der Waals surface area contributed by atoms with Crippen molar-refractivity contribution in [3.05, 3.63) is 87.9 Å². The Morgan fingerprint density at radius 3 is 2.14 bits per heavy atom.